The largest absolute Gasteiger partial charge is 0.370 e. The highest BCUT2D eigenvalue weighted by molar-refractivity contribution is 14.0. The molecule has 5 nitrogen and oxygen atoms in total. The Labute approximate surface area is 126 Å². The summed E-state index contributed by atoms with van der Waals surface area (Å²) in [5.74, 6) is 0.323. The quantitative estimate of drug-likeness (QED) is 0.390. The lowest BCUT2D eigenvalue weighted by atomic mass is 9.96. The molecule has 1 aliphatic carbocycles. The highest BCUT2D eigenvalue weighted by Gasteiger charge is 2.13. The number of guanidine groups is 1. The Balaban J connectivity index is 0.00000289. The number of halogens is 1. The number of amides is 1. The molecule has 0 unspecified atom stereocenters. The van der Waals surface area contributed by atoms with E-state index in [4.69, 9.17) is 5.73 Å². The maximum absolute atomic E-state index is 11.3. The number of nitrogens with two attached hydrogens (primary N) is 1. The second-order valence-electron chi connectivity index (χ2n) is 4.53. The van der Waals surface area contributed by atoms with E-state index in [1.165, 1.54) is 19.3 Å². The molecule has 1 saturated carbocycles. The fourth-order valence-electron chi connectivity index (χ4n) is 1.98. The van der Waals surface area contributed by atoms with Crippen LogP contribution in [0.1, 0.15) is 45.4 Å². The molecule has 0 aromatic heterocycles. The molecule has 18 heavy (non-hydrogen) atoms. The van der Waals surface area contributed by atoms with Gasteiger partial charge in [-0.1, -0.05) is 26.2 Å². The summed E-state index contributed by atoms with van der Waals surface area (Å²) >= 11 is 0. The van der Waals surface area contributed by atoms with E-state index in [0.717, 1.165) is 19.3 Å². The molecule has 0 heterocycles. The van der Waals surface area contributed by atoms with Gasteiger partial charge in [-0.3, -0.25) is 4.79 Å². The predicted octanol–water partition coefficient (Wildman–Crippen LogP) is 1.37. The van der Waals surface area contributed by atoms with Crippen LogP contribution in [0.5, 0.6) is 0 Å². The number of rotatable bonds is 5. The zero-order valence-electron chi connectivity index (χ0n) is 11.1. The smallest absolute Gasteiger partial charge is 0.241 e. The molecular formula is C12H25IN4O. The normalized spacial score (nSPS) is 16.8. The van der Waals surface area contributed by atoms with Crippen LogP contribution in [0.2, 0.25) is 0 Å². The summed E-state index contributed by atoms with van der Waals surface area (Å²) in [7, 11) is 0. The molecule has 1 amide bonds. The van der Waals surface area contributed by atoms with Gasteiger partial charge in [0.1, 0.15) is 6.54 Å². The average molecular weight is 368 g/mol. The molecule has 0 radical (unpaired) electrons. The lowest BCUT2D eigenvalue weighted by Gasteiger charge is -2.23. The maximum Gasteiger partial charge on any atom is 0.241 e. The highest BCUT2D eigenvalue weighted by atomic mass is 127. The minimum absolute atomic E-state index is 0. The fraction of sp³-hybridized carbons (Fsp3) is 0.833. The molecule has 0 saturated heterocycles. The van der Waals surface area contributed by atoms with E-state index in [2.05, 4.69) is 15.6 Å². The third kappa shape index (κ3) is 7.73. The molecule has 4 N–H and O–H groups in total. The number of carbonyl (C=O) groups is 1. The van der Waals surface area contributed by atoms with Crippen molar-refractivity contribution in [3.05, 3.63) is 0 Å². The average Bonchev–Trinajstić information content (AvgIpc) is 2.35. The van der Waals surface area contributed by atoms with Crippen LogP contribution in [0.25, 0.3) is 0 Å². The van der Waals surface area contributed by atoms with Gasteiger partial charge in [0.25, 0.3) is 0 Å². The number of aliphatic imine (C=N–C) groups is 1. The van der Waals surface area contributed by atoms with E-state index >= 15 is 0 Å². The molecule has 0 spiro atoms. The first-order valence-electron chi connectivity index (χ1n) is 6.55. The van der Waals surface area contributed by atoms with Gasteiger partial charge in [0.05, 0.1) is 0 Å². The Kier molecular flexibility index (Phi) is 10.1. The van der Waals surface area contributed by atoms with Gasteiger partial charge in [0.2, 0.25) is 5.91 Å². The van der Waals surface area contributed by atoms with Crippen molar-refractivity contribution in [3.63, 3.8) is 0 Å². The molecule has 1 aliphatic rings. The van der Waals surface area contributed by atoms with E-state index in [1.54, 1.807) is 0 Å². The topological polar surface area (TPSA) is 79.5 Å². The van der Waals surface area contributed by atoms with Gasteiger partial charge in [-0.2, -0.15) is 0 Å². The van der Waals surface area contributed by atoms with Crippen molar-refractivity contribution in [1.29, 1.82) is 0 Å². The number of hydrogen-bond donors (Lipinski definition) is 3. The van der Waals surface area contributed by atoms with Crippen molar-refractivity contribution in [1.82, 2.24) is 10.6 Å². The summed E-state index contributed by atoms with van der Waals surface area (Å²) in [5, 5.41) is 5.94. The van der Waals surface area contributed by atoms with Crippen molar-refractivity contribution in [2.45, 2.75) is 51.5 Å². The molecule has 6 heteroatoms. The number of nitrogens with one attached hydrogen (secondary N) is 2. The molecule has 106 valence electrons. The van der Waals surface area contributed by atoms with Crippen LogP contribution in [0, 0.1) is 0 Å². The first-order valence-corrected chi connectivity index (χ1v) is 6.55. The van der Waals surface area contributed by atoms with Crippen molar-refractivity contribution in [2.24, 2.45) is 10.7 Å². The third-order valence-electron chi connectivity index (χ3n) is 2.92. The monoisotopic (exact) mass is 368 g/mol. The van der Waals surface area contributed by atoms with E-state index in [-0.39, 0.29) is 36.4 Å². The van der Waals surface area contributed by atoms with Crippen LogP contribution in [0.15, 0.2) is 4.99 Å². The zero-order valence-corrected chi connectivity index (χ0v) is 13.4. The van der Waals surface area contributed by atoms with Crippen molar-refractivity contribution in [2.75, 3.05) is 13.1 Å². The van der Waals surface area contributed by atoms with Gasteiger partial charge < -0.3 is 16.4 Å². The Morgan fingerprint density at radius 1 is 1.33 bits per heavy atom. The number of nitrogens with zero attached hydrogens (tertiary/aromatic N) is 1. The van der Waals surface area contributed by atoms with Gasteiger partial charge >= 0.3 is 0 Å². The van der Waals surface area contributed by atoms with Crippen LogP contribution < -0.4 is 16.4 Å². The molecule has 1 rings (SSSR count). The van der Waals surface area contributed by atoms with Crippen LogP contribution in [-0.2, 0) is 4.79 Å². The number of carbonyl (C=O) groups excluding carboxylic acids is 1. The van der Waals surface area contributed by atoms with Crippen molar-refractivity contribution < 1.29 is 4.79 Å². The third-order valence-corrected chi connectivity index (χ3v) is 2.92. The van der Waals surface area contributed by atoms with E-state index in [0.29, 0.717) is 18.5 Å². The van der Waals surface area contributed by atoms with Gasteiger partial charge in [0, 0.05) is 12.6 Å². The lowest BCUT2D eigenvalue weighted by molar-refractivity contribution is -0.119. The maximum atomic E-state index is 11.3. The molecular weight excluding hydrogens is 343 g/mol. The summed E-state index contributed by atoms with van der Waals surface area (Å²) in [5.41, 5.74) is 5.74. The Hall–Kier alpha value is -0.530. The Morgan fingerprint density at radius 3 is 2.61 bits per heavy atom. The van der Waals surface area contributed by atoms with Crippen LogP contribution in [0.3, 0.4) is 0 Å². The Bertz CT molecular complexity index is 265. The summed E-state index contributed by atoms with van der Waals surface area (Å²) in [6, 6.07) is 0.436. The summed E-state index contributed by atoms with van der Waals surface area (Å²) in [6.07, 6.45) is 7.06. The second-order valence-corrected chi connectivity index (χ2v) is 4.53. The Morgan fingerprint density at radius 2 is 2.00 bits per heavy atom. The van der Waals surface area contributed by atoms with E-state index < -0.39 is 0 Å². The molecule has 0 aromatic carbocycles. The van der Waals surface area contributed by atoms with Crippen molar-refractivity contribution >= 4 is 35.8 Å². The predicted molar refractivity (Wildman–Crippen MR) is 85.2 cm³/mol. The van der Waals surface area contributed by atoms with Crippen LogP contribution in [-0.4, -0.2) is 31.0 Å². The standard InChI is InChI=1S/C12H24N4O.HI/c1-2-8-14-11(17)9-15-12(13)16-10-6-4-3-5-7-10;/h10H,2-9H2,1H3,(H,14,17)(H3,13,15,16);1H. The lowest BCUT2D eigenvalue weighted by Crippen LogP contribution is -2.41. The minimum Gasteiger partial charge on any atom is -0.370 e. The van der Waals surface area contributed by atoms with E-state index in [1.807, 2.05) is 6.92 Å². The molecule has 1 fully saturated rings. The fourth-order valence-corrected chi connectivity index (χ4v) is 1.98. The highest BCUT2D eigenvalue weighted by Crippen LogP contribution is 2.16. The summed E-state index contributed by atoms with van der Waals surface area (Å²) < 4.78 is 0. The molecule has 0 bridgehead atoms. The SMILES string of the molecule is CCCNC(=O)CN=C(N)NC1CCCCC1.I. The summed E-state index contributed by atoms with van der Waals surface area (Å²) in [6.45, 7) is 2.83. The first-order chi connectivity index (χ1) is 8.22. The molecule has 0 aromatic rings. The van der Waals surface area contributed by atoms with Gasteiger partial charge in [-0.05, 0) is 19.3 Å². The molecule has 0 atom stereocenters. The second kappa shape index (κ2) is 10.4. The number of hydrogen-bond acceptors (Lipinski definition) is 2. The molecule has 0 aliphatic heterocycles. The van der Waals surface area contributed by atoms with Crippen molar-refractivity contribution in [3.8, 4) is 0 Å². The summed E-state index contributed by atoms with van der Waals surface area (Å²) in [4.78, 5) is 15.3. The zero-order chi connectivity index (χ0) is 12.5. The van der Waals surface area contributed by atoms with Crippen LogP contribution in [0.4, 0.5) is 0 Å². The minimum atomic E-state index is -0.0692. The van der Waals surface area contributed by atoms with Crippen LogP contribution >= 0.6 is 24.0 Å². The van der Waals surface area contributed by atoms with Gasteiger partial charge in [-0.15, -0.1) is 24.0 Å². The first kappa shape index (κ1) is 17.5. The van der Waals surface area contributed by atoms with Gasteiger partial charge in [0.15, 0.2) is 5.96 Å². The van der Waals surface area contributed by atoms with E-state index in [9.17, 15) is 4.79 Å². The van der Waals surface area contributed by atoms with Gasteiger partial charge in [-0.25, -0.2) is 4.99 Å².